The highest BCUT2D eigenvalue weighted by molar-refractivity contribution is 7.92. The minimum atomic E-state index is -3.60. The molecular formula is C33H39Cl2N3O4S. The van der Waals surface area contributed by atoms with Crippen LogP contribution in [0.3, 0.4) is 0 Å². The lowest BCUT2D eigenvalue weighted by atomic mass is 9.94. The number of carbonyl (C=O) groups excluding carboxylic acids is 2. The van der Waals surface area contributed by atoms with E-state index < -0.39 is 16.1 Å². The predicted octanol–water partition coefficient (Wildman–Crippen LogP) is 6.63. The summed E-state index contributed by atoms with van der Waals surface area (Å²) in [5.41, 5.74) is 2.23. The van der Waals surface area contributed by atoms with Crippen LogP contribution in [0.5, 0.6) is 0 Å². The Labute approximate surface area is 265 Å². The Morgan fingerprint density at radius 2 is 1.56 bits per heavy atom. The molecule has 0 bridgehead atoms. The third-order valence-corrected chi connectivity index (χ3v) is 9.41. The highest BCUT2D eigenvalue weighted by Crippen LogP contribution is 2.23. The molecule has 4 rings (SSSR count). The third-order valence-electron chi connectivity index (χ3n) is 7.73. The van der Waals surface area contributed by atoms with Crippen LogP contribution in [0.25, 0.3) is 0 Å². The van der Waals surface area contributed by atoms with Gasteiger partial charge in [-0.15, -0.1) is 0 Å². The van der Waals surface area contributed by atoms with Gasteiger partial charge in [0.15, 0.2) is 0 Å². The molecule has 10 heteroatoms. The van der Waals surface area contributed by atoms with E-state index in [1.807, 2.05) is 42.5 Å². The molecule has 3 aromatic rings. The van der Waals surface area contributed by atoms with Gasteiger partial charge in [-0.3, -0.25) is 13.9 Å². The third kappa shape index (κ3) is 9.98. The molecule has 230 valence electrons. The molecule has 1 atom stereocenters. The fourth-order valence-corrected chi connectivity index (χ4v) is 6.85. The standard InChI is InChI=1S/C33H39Cl2N3O4S/c1-43(41,42)38(30-19-17-27(34)18-20-30)21-9-16-32(39)37(24-26-12-8-13-28(35)22-26)31(23-25-10-4-2-5-11-25)33(40)36-29-14-6-3-7-15-29/h2,4-5,8,10-13,17-20,22,29,31H,3,6-7,9,14-16,21,23-24H2,1H3,(H,36,40)/t31-/m1/s1. The average Bonchev–Trinajstić information content (AvgIpc) is 2.98. The Morgan fingerprint density at radius 3 is 2.21 bits per heavy atom. The largest absolute Gasteiger partial charge is 0.352 e. The zero-order valence-corrected chi connectivity index (χ0v) is 26.8. The summed E-state index contributed by atoms with van der Waals surface area (Å²) in [6, 6.07) is 22.8. The molecule has 7 nitrogen and oxygen atoms in total. The van der Waals surface area contributed by atoms with Crippen LogP contribution in [0, 0.1) is 0 Å². The number of sulfonamides is 1. The van der Waals surface area contributed by atoms with Crippen LogP contribution in [0.4, 0.5) is 5.69 Å². The zero-order valence-electron chi connectivity index (χ0n) is 24.4. The van der Waals surface area contributed by atoms with E-state index in [9.17, 15) is 18.0 Å². The Bertz CT molecular complexity index is 1460. The first-order chi connectivity index (χ1) is 20.6. The van der Waals surface area contributed by atoms with Crippen LogP contribution >= 0.6 is 23.2 Å². The molecule has 2 amide bonds. The summed E-state index contributed by atoms with van der Waals surface area (Å²) in [4.78, 5) is 29.5. The van der Waals surface area contributed by atoms with Crippen molar-refractivity contribution in [1.82, 2.24) is 10.2 Å². The van der Waals surface area contributed by atoms with Crippen molar-refractivity contribution in [2.45, 2.75) is 70.0 Å². The van der Waals surface area contributed by atoms with Gasteiger partial charge in [-0.25, -0.2) is 8.42 Å². The Kier molecular flexibility index (Phi) is 11.9. The fraction of sp³-hybridized carbons (Fsp3) is 0.394. The molecule has 0 radical (unpaired) electrons. The Morgan fingerprint density at radius 1 is 0.884 bits per heavy atom. The van der Waals surface area contributed by atoms with Gasteiger partial charge in [0.2, 0.25) is 21.8 Å². The van der Waals surface area contributed by atoms with Gasteiger partial charge in [0.1, 0.15) is 6.04 Å². The molecular weight excluding hydrogens is 605 g/mol. The molecule has 0 aromatic heterocycles. The maximum Gasteiger partial charge on any atom is 0.243 e. The van der Waals surface area contributed by atoms with Gasteiger partial charge in [0.05, 0.1) is 11.9 Å². The van der Waals surface area contributed by atoms with Crippen LogP contribution in [-0.4, -0.2) is 50.0 Å². The molecule has 1 aliphatic rings. The Hall–Kier alpha value is -3.07. The van der Waals surface area contributed by atoms with Crippen LogP contribution in [0.1, 0.15) is 56.1 Å². The second-order valence-corrected chi connectivity index (χ2v) is 13.9. The lowest BCUT2D eigenvalue weighted by Crippen LogP contribution is -2.52. The van der Waals surface area contributed by atoms with Crippen molar-refractivity contribution in [1.29, 1.82) is 0 Å². The van der Waals surface area contributed by atoms with Crippen molar-refractivity contribution in [3.05, 3.63) is 100 Å². The van der Waals surface area contributed by atoms with E-state index in [0.717, 1.165) is 43.1 Å². The zero-order chi connectivity index (χ0) is 30.8. The van der Waals surface area contributed by atoms with Gasteiger partial charge in [-0.05, 0) is 66.8 Å². The van der Waals surface area contributed by atoms with E-state index >= 15 is 0 Å². The van der Waals surface area contributed by atoms with Crippen LogP contribution in [0.2, 0.25) is 10.0 Å². The monoisotopic (exact) mass is 643 g/mol. The van der Waals surface area contributed by atoms with Gasteiger partial charge in [-0.1, -0.05) is 84.9 Å². The van der Waals surface area contributed by atoms with Gasteiger partial charge in [0, 0.05) is 42.0 Å². The summed E-state index contributed by atoms with van der Waals surface area (Å²) in [5.74, 6) is -0.408. The van der Waals surface area contributed by atoms with Crippen molar-refractivity contribution < 1.29 is 18.0 Å². The lowest BCUT2D eigenvalue weighted by molar-refractivity contribution is -0.141. The number of amides is 2. The van der Waals surface area contributed by atoms with Crippen molar-refractivity contribution in [2.24, 2.45) is 0 Å². The normalized spacial score (nSPS) is 14.6. The van der Waals surface area contributed by atoms with Crippen LogP contribution in [0.15, 0.2) is 78.9 Å². The fourth-order valence-electron chi connectivity index (χ4n) is 5.54. The van der Waals surface area contributed by atoms with Gasteiger partial charge >= 0.3 is 0 Å². The van der Waals surface area contributed by atoms with E-state index in [1.165, 1.54) is 10.7 Å². The van der Waals surface area contributed by atoms with Crippen LogP contribution in [-0.2, 0) is 32.6 Å². The number of anilines is 1. The summed E-state index contributed by atoms with van der Waals surface area (Å²) in [6.07, 6.45) is 6.99. The number of rotatable bonds is 13. The van der Waals surface area contributed by atoms with Gasteiger partial charge in [-0.2, -0.15) is 0 Å². The highest BCUT2D eigenvalue weighted by Gasteiger charge is 2.32. The van der Waals surface area contributed by atoms with Crippen molar-refractivity contribution in [2.75, 3.05) is 17.1 Å². The first kappa shape index (κ1) is 32.8. The Balaban J connectivity index is 1.58. The molecule has 0 heterocycles. The smallest absolute Gasteiger partial charge is 0.243 e. The maximum absolute atomic E-state index is 14.0. The molecule has 3 aromatic carbocycles. The van der Waals surface area contributed by atoms with E-state index in [0.29, 0.717) is 22.2 Å². The second kappa shape index (κ2) is 15.6. The van der Waals surface area contributed by atoms with E-state index in [1.54, 1.807) is 41.3 Å². The summed E-state index contributed by atoms with van der Waals surface area (Å²) in [6.45, 7) is 0.302. The maximum atomic E-state index is 14.0. The minimum absolute atomic E-state index is 0.0577. The summed E-state index contributed by atoms with van der Waals surface area (Å²) >= 11 is 12.3. The van der Waals surface area contributed by atoms with Gasteiger partial charge in [0.25, 0.3) is 0 Å². The van der Waals surface area contributed by atoms with E-state index in [2.05, 4.69) is 5.32 Å². The SMILES string of the molecule is CS(=O)(=O)N(CCCC(=O)N(Cc1cccc(Cl)c1)[C@H](Cc1ccccc1)C(=O)NC1CCCCC1)c1ccc(Cl)cc1. The number of hydrogen-bond acceptors (Lipinski definition) is 4. The van der Waals surface area contributed by atoms with Gasteiger partial charge < -0.3 is 10.2 Å². The molecule has 0 saturated heterocycles. The number of carbonyl (C=O) groups is 2. The topological polar surface area (TPSA) is 86.8 Å². The first-order valence-electron chi connectivity index (χ1n) is 14.7. The first-order valence-corrected chi connectivity index (χ1v) is 17.3. The minimum Gasteiger partial charge on any atom is -0.352 e. The van der Waals surface area contributed by atoms with Crippen molar-refractivity contribution in [3.8, 4) is 0 Å². The molecule has 0 unspecified atom stereocenters. The molecule has 1 fully saturated rings. The van der Waals surface area contributed by atoms with Crippen molar-refractivity contribution in [3.63, 3.8) is 0 Å². The number of halogens is 2. The lowest BCUT2D eigenvalue weighted by Gasteiger charge is -2.34. The molecule has 1 aliphatic carbocycles. The number of hydrogen-bond donors (Lipinski definition) is 1. The quantitative estimate of drug-likeness (QED) is 0.227. The summed E-state index contributed by atoms with van der Waals surface area (Å²) < 4.78 is 26.5. The molecule has 43 heavy (non-hydrogen) atoms. The van der Waals surface area contributed by atoms with E-state index in [4.69, 9.17) is 23.2 Å². The number of benzene rings is 3. The number of nitrogens with one attached hydrogen (secondary N) is 1. The second-order valence-electron chi connectivity index (χ2n) is 11.1. The molecule has 0 aliphatic heterocycles. The molecule has 1 N–H and O–H groups in total. The summed E-state index contributed by atoms with van der Waals surface area (Å²) in [5, 5.41) is 4.28. The number of nitrogens with zero attached hydrogens (tertiary/aromatic N) is 2. The molecule has 1 saturated carbocycles. The van der Waals surface area contributed by atoms with E-state index in [-0.39, 0.29) is 43.8 Å². The highest BCUT2D eigenvalue weighted by atomic mass is 35.5. The predicted molar refractivity (Wildman–Crippen MR) is 174 cm³/mol. The average molecular weight is 645 g/mol. The molecule has 0 spiro atoms. The van der Waals surface area contributed by atoms with Crippen LogP contribution < -0.4 is 9.62 Å². The summed E-state index contributed by atoms with van der Waals surface area (Å²) in [7, 11) is -3.60. The van der Waals surface area contributed by atoms with Crippen molar-refractivity contribution >= 4 is 50.7 Å².